The molecule has 0 amide bonds. The SMILES string of the molecule is COC(C)Oc1ccc2[c]c[nH]c2c1. The van der Waals surface area contributed by atoms with Crippen LogP contribution in [0.3, 0.4) is 0 Å². The topological polar surface area (TPSA) is 34.2 Å². The molecule has 1 aromatic carbocycles. The Balaban J connectivity index is 2.25. The van der Waals surface area contributed by atoms with Crippen molar-refractivity contribution in [2.45, 2.75) is 13.2 Å². The van der Waals surface area contributed by atoms with Gasteiger partial charge in [0.05, 0.1) is 0 Å². The molecule has 1 unspecified atom stereocenters. The van der Waals surface area contributed by atoms with E-state index in [0.717, 1.165) is 16.7 Å². The summed E-state index contributed by atoms with van der Waals surface area (Å²) in [5.41, 5.74) is 1.02. The lowest BCUT2D eigenvalue weighted by Crippen LogP contribution is -2.13. The van der Waals surface area contributed by atoms with Crippen LogP contribution in [0.15, 0.2) is 24.4 Å². The summed E-state index contributed by atoms with van der Waals surface area (Å²) in [4.78, 5) is 3.07. The molecular weight excluding hydrogens is 178 g/mol. The van der Waals surface area contributed by atoms with Crippen molar-refractivity contribution in [2.75, 3.05) is 7.11 Å². The number of hydrogen-bond acceptors (Lipinski definition) is 2. The zero-order valence-corrected chi connectivity index (χ0v) is 8.20. The third kappa shape index (κ3) is 1.72. The number of ether oxygens (including phenoxy) is 2. The van der Waals surface area contributed by atoms with Gasteiger partial charge in [-0.25, -0.2) is 0 Å². The van der Waals surface area contributed by atoms with E-state index in [-0.39, 0.29) is 6.29 Å². The maximum atomic E-state index is 5.48. The maximum Gasteiger partial charge on any atom is 0.196 e. The van der Waals surface area contributed by atoms with Crippen LogP contribution >= 0.6 is 0 Å². The van der Waals surface area contributed by atoms with Gasteiger partial charge in [0, 0.05) is 36.3 Å². The van der Waals surface area contributed by atoms with E-state index in [0.29, 0.717) is 0 Å². The second-order valence-corrected chi connectivity index (χ2v) is 3.06. The summed E-state index contributed by atoms with van der Waals surface area (Å²) in [7, 11) is 1.62. The molecule has 0 bridgehead atoms. The number of aromatic nitrogens is 1. The molecule has 0 fully saturated rings. The number of fused-ring (bicyclic) bond motifs is 1. The highest BCUT2D eigenvalue weighted by atomic mass is 16.7. The Morgan fingerprint density at radius 1 is 1.43 bits per heavy atom. The molecule has 1 atom stereocenters. The van der Waals surface area contributed by atoms with Crippen LogP contribution < -0.4 is 4.74 Å². The van der Waals surface area contributed by atoms with E-state index in [9.17, 15) is 0 Å². The van der Waals surface area contributed by atoms with Crippen molar-refractivity contribution in [1.29, 1.82) is 0 Å². The number of rotatable bonds is 3. The molecule has 0 aliphatic heterocycles. The first-order valence-corrected chi connectivity index (χ1v) is 4.48. The van der Waals surface area contributed by atoms with Gasteiger partial charge in [0.25, 0.3) is 0 Å². The fraction of sp³-hybridized carbons (Fsp3) is 0.273. The van der Waals surface area contributed by atoms with Gasteiger partial charge in [-0.15, -0.1) is 0 Å². The highest BCUT2D eigenvalue weighted by Gasteiger charge is 2.02. The van der Waals surface area contributed by atoms with Crippen molar-refractivity contribution in [3.8, 4) is 5.75 Å². The van der Waals surface area contributed by atoms with Crippen LogP contribution in [0.1, 0.15) is 6.92 Å². The van der Waals surface area contributed by atoms with Gasteiger partial charge in [0.2, 0.25) is 0 Å². The Labute approximate surface area is 82.6 Å². The largest absolute Gasteiger partial charge is 0.465 e. The predicted octanol–water partition coefficient (Wildman–Crippen LogP) is 2.34. The van der Waals surface area contributed by atoms with Crippen molar-refractivity contribution in [1.82, 2.24) is 4.98 Å². The first-order chi connectivity index (χ1) is 6.79. The van der Waals surface area contributed by atoms with Gasteiger partial charge in [0.1, 0.15) is 5.75 Å². The third-order valence-electron chi connectivity index (χ3n) is 2.08. The van der Waals surface area contributed by atoms with E-state index >= 15 is 0 Å². The summed E-state index contributed by atoms with van der Waals surface area (Å²) in [5, 5.41) is 1.06. The van der Waals surface area contributed by atoms with Crippen LogP contribution in [0.2, 0.25) is 0 Å². The molecule has 2 rings (SSSR count). The number of aromatic amines is 1. The summed E-state index contributed by atoms with van der Waals surface area (Å²) in [6.45, 7) is 1.85. The summed E-state index contributed by atoms with van der Waals surface area (Å²) in [5.74, 6) is 0.794. The lowest BCUT2D eigenvalue weighted by molar-refractivity contribution is -0.0382. The number of methoxy groups -OCH3 is 1. The summed E-state index contributed by atoms with van der Waals surface area (Å²) < 4.78 is 10.5. The van der Waals surface area contributed by atoms with E-state index in [1.54, 1.807) is 13.3 Å². The average molecular weight is 190 g/mol. The van der Waals surface area contributed by atoms with E-state index in [2.05, 4.69) is 11.1 Å². The maximum absolute atomic E-state index is 5.48. The van der Waals surface area contributed by atoms with E-state index in [4.69, 9.17) is 9.47 Å². The molecule has 0 aliphatic carbocycles. The number of hydrogen-bond donors (Lipinski definition) is 1. The standard InChI is InChI=1S/C11H12NO2/c1-8(13-2)14-10-4-3-9-5-6-12-11(9)7-10/h3-4,6-8,12H,1-2H3. The predicted molar refractivity (Wildman–Crippen MR) is 54.2 cm³/mol. The molecular formula is C11H12NO2. The number of H-pyrrole nitrogens is 1. The highest BCUT2D eigenvalue weighted by Crippen LogP contribution is 2.19. The first kappa shape index (κ1) is 9.09. The quantitative estimate of drug-likeness (QED) is 0.754. The molecule has 0 saturated carbocycles. The Kier molecular flexibility index (Phi) is 2.41. The summed E-state index contributed by atoms with van der Waals surface area (Å²) in [6.07, 6.45) is 1.56. The minimum atomic E-state index is -0.230. The van der Waals surface area contributed by atoms with Crippen LogP contribution in [0.5, 0.6) is 5.75 Å². The van der Waals surface area contributed by atoms with E-state index < -0.39 is 0 Å². The average Bonchev–Trinajstić information content (AvgIpc) is 2.64. The summed E-state index contributed by atoms with van der Waals surface area (Å²) in [6, 6.07) is 8.87. The molecule has 14 heavy (non-hydrogen) atoms. The van der Waals surface area contributed by atoms with Gasteiger partial charge in [-0.2, -0.15) is 0 Å². The molecule has 73 valence electrons. The number of benzene rings is 1. The molecule has 1 heterocycles. The molecule has 1 aromatic heterocycles. The zero-order chi connectivity index (χ0) is 9.97. The van der Waals surface area contributed by atoms with Crippen LogP contribution in [0.25, 0.3) is 10.9 Å². The third-order valence-corrected chi connectivity index (χ3v) is 2.08. The second-order valence-electron chi connectivity index (χ2n) is 3.06. The van der Waals surface area contributed by atoms with Crippen LogP contribution in [0, 0.1) is 6.07 Å². The van der Waals surface area contributed by atoms with Gasteiger partial charge >= 0.3 is 0 Å². The van der Waals surface area contributed by atoms with Crippen molar-refractivity contribution in [3.05, 3.63) is 30.5 Å². The minimum absolute atomic E-state index is 0.230. The van der Waals surface area contributed by atoms with Crippen molar-refractivity contribution < 1.29 is 9.47 Å². The highest BCUT2D eigenvalue weighted by molar-refractivity contribution is 5.79. The van der Waals surface area contributed by atoms with Gasteiger partial charge in [-0.05, 0) is 19.1 Å². The molecule has 1 N–H and O–H groups in total. The van der Waals surface area contributed by atoms with E-state index in [1.807, 2.05) is 25.1 Å². The zero-order valence-electron chi connectivity index (χ0n) is 8.20. The van der Waals surface area contributed by atoms with Gasteiger partial charge in [-0.1, -0.05) is 0 Å². The molecule has 0 saturated heterocycles. The lowest BCUT2D eigenvalue weighted by Gasteiger charge is -2.12. The van der Waals surface area contributed by atoms with Crippen molar-refractivity contribution in [2.24, 2.45) is 0 Å². The fourth-order valence-corrected chi connectivity index (χ4v) is 1.27. The monoisotopic (exact) mass is 190 g/mol. The van der Waals surface area contributed by atoms with Crippen LogP contribution in [0.4, 0.5) is 0 Å². The van der Waals surface area contributed by atoms with Crippen molar-refractivity contribution in [3.63, 3.8) is 0 Å². The molecule has 0 aliphatic rings. The minimum Gasteiger partial charge on any atom is -0.465 e. The Hall–Kier alpha value is -1.48. The summed E-state index contributed by atoms with van der Waals surface area (Å²) >= 11 is 0. The van der Waals surface area contributed by atoms with Crippen LogP contribution in [-0.2, 0) is 4.74 Å². The normalized spacial score (nSPS) is 13.0. The first-order valence-electron chi connectivity index (χ1n) is 4.48. The Bertz CT molecular complexity index is 422. The van der Waals surface area contributed by atoms with E-state index in [1.165, 1.54) is 0 Å². The Morgan fingerprint density at radius 3 is 3.07 bits per heavy atom. The fourth-order valence-electron chi connectivity index (χ4n) is 1.27. The van der Waals surface area contributed by atoms with Gasteiger partial charge < -0.3 is 14.5 Å². The number of nitrogens with one attached hydrogen (secondary N) is 1. The smallest absolute Gasteiger partial charge is 0.196 e. The Morgan fingerprint density at radius 2 is 2.29 bits per heavy atom. The van der Waals surface area contributed by atoms with Crippen LogP contribution in [-0.4, -0.2) is 18.4 Å². The molecule has 3 heteroatoms. The molecule has 2 aromatic rings. The van der Waals surface area contributed by atoms with Gasteiger partial charge in [0.15, 0.2) is 6.29 Å². The second kappa shape index (κ2) is 3.72. The molecule has 1 radical (unpaired) electrons. The lowest BCUT2D eigenvalue weighted by atomic mass is 10.2. The van der Waals surface area contributed by atoms with Gasteiger partial charge in [-0.3, -0.25) is 0 Å². The van der Waals surface area contributed by atoms with Crippen molar-refractivity contribution >= 4 is 10.9 Å². The molecule has 0 spiro atoms. The molecule has 3 nitrogen and oxygen atoms in total.